The van der Waals surface area contributed by atoms with Gasteiger partial charge in [-0.05, 0) is 30.3 Å². The number of piperazine rings is 1. The molecule has 0 unspecified atom stereocenters. The molecule has 2 aromatic rings. The fourth-order valence-corrected chi connectivity index (χ4v) is 3.46. The smallest absolute Gasteiger partial charge is 0.233 e. The molecule has 0 radical (unpaired) electrons. The van der Waals surface area contributed by atoms with E-state index in [0.29, 0.717) is 28.8 Å². The molecular formula is C19H19Cl2N3O2. The molecule has 1 N–H and O–H groups in total. The third-order valence-corrected chi connectivity index (χ3v) is 4.65. The first-order chi connectivity index (χ1) is 12.5. The van der Waals surface area contributed by atoms with E-state index >= 15 is 0 Å². The van der Waals surface area contributed by atoms with Crippen molar-refractivity contribution in [2.45, 2.75) is 6.42 Å². The van der Waals surface area contributed by atoms with Crippen LogP contribution in [0.2, 0.25) is 10.0 Å². The van der Waals surface area contributed by atoms with Crippen LogP contribution in [-0.4, -0.2) is 42.9 Å². The average molecular weight is 392 g/mol. The Bertz CT molecular complexity index is 770. The fraction of sp³-hybridized carbons (Fsp3) is 0.263. The summed E-state index contributed by atoms with van der Waals surface area (Å²) in [5, 5.41) is 3.52. The van der Waals surface area contributed by atoms with E-state index in [1.54, 1.807) is 23.1 Å². The standard InChI is InChI=1S/C19H19Cl2N3O2/c20-14-10-15(21)12-16(11-14)22-18(25)13-19(26)24-8-6-23(7-9-24)17-4-2-1-3-5-17/h1-5,10-12H,6-9,13H2,(H,22,25). The number of benzene rings is 2. The minimum atomic E-state index is -0.376. The van der Waals surface area contributed by atoms with Gasteiger partial charge in [0.25, 0.3) is 0 Å². The number of hydrogen-bond donors (Lipinski definition) is 1. The molecule has 1 heterocycles. The van der Waals surface area contributed by atoms with Gasteiger partial charge in [-0.3, -0.25) is 9.59 Å². The summed E-state index contributed by atoms with van der Waals surface area (Å²) in [6.07, 6.45) is -0.199. The minimum Gasteiger partial charge on any atom is -0.368 e. The van der Waals surface area contributed by atoms with Gasteiger partial charge in [0.1, 0.15) is 6.42 Å². The molecule has 1 saturated heterocycles. The highest BCUT2D eigenvalue weighted by atomic mass is 35.5. The van der Waals surface area contributed by atoms with E-state index in [0.717, 1.165) is 18.8 Å². The highest BCUT2D eigenvalue weighted by molar-refractivity contribution is 6.35. The van der Waals surface area contributed by atoms with Gasteiger partial charge < -0.3 is 15.1 Å². The second kappa shape index (κ2) is 8.43. The summed E-state index contributed by atoms with van der Waals surface area (Å²) in [4.78, 5) is 28.4. The molecule has 3 rings (SSSR count). The SMILES string of the molecule is O=C(CC(=O)N1CCN(c2ccccc2)CC1)Nc1cc(Cl)cc(Cl)c1. The molecule has 0 saturated carbocycles. The van der Waals surface area contributed by atoms with Crippen molar-refractivity contribution in [1.29, 1.82) is 0 Å². The second-order valence-electron chi connectivity index (χ2n) is 6.09. The summed E-state index contributed by atoms with van der Waals surface area (Å²) < 4.78 is 0. The van der Waals surface area contributed by atoms with Crippen molar-refractivity contribution in [3.05, 3.63) is 58.6 Å². The van der Waals surface area contributed by atoms with Gasteiger partial charge in [-0.1, -0.05) is 41.4 Å². The summed E-state index contributed by atoms with van der Waals surface area (Å²) >= 11 is 11.8. The van der Waals surface area contributed by atoms with Crippen LogP contribution in [0.25, 0.3) is 0 Å². The van der Waals surface area contributed by atoms with Crippen LogP contribution in [0.15, 0.2) is 48.5 Å². The van der Waals surface area contributed by atoms with Gasteiger partial charge in [-0.2, -0.15) is 0 Å². The number of nitrogens with one attached hydrogen (secondary N) is 1. The van der Waals surface area contributed by atoms with Crippen molar-refractivity contribution in [2.24, 2.45) is 0 Å². The minimum absolute atomic E-state index is 0.177. The van der Waals surface area contributed by atoms with E-state index in [9.17, 15) is 9.59 Å². The Morgan fingerprint density at radius 3 is 2.15 bits per heavy atom. The quantitative estimate of drug-likeness (QED) is 0.808. The van der Waals surface area contributed by atoms with Crippen LogP contribution in [0, 0.1) is 0 Å². The first-order valence-electron chi connectivity index (χ1n) is 8.35. The van der Waals surface area contributed by atoms with E-state index < -0.39 is 0 Å². The molecule has 5 nitrogen and oxygen atoms in total. The largest absolute Gasteiger partial charge is 0.368 e. The summed E-state index contributed by atoms with van der Waals surface area (Å²) in [7, 11) is 0. The maximum absolute atomic E-state index is 12.4. The van der Waals surface area contributed by atoms with Crippen LogP contribution in [0.5, 0.6) is 0 Å². The zero-order chi connectivity index (χ0) is 18.5. The molecule has 136 valence electrons. The van der Waals surface area contributed by atoms with E-state index in [2.05, 4.69) is 22.3 Å². The Balaban J connectivity index is 1.50. The number of anilines is 2. The molecule has 7 heteroatoms. The Morgan fingerprint density at radius 2 is 1.54 bits per heavy atom. The number of carbonyl (C=O) groups is 2. The predicted molar refractivity (Wildman–Crippen MR) is 105 cm³/mol. The Labute approximate surface area is 162 Å². The maximum Gasteiger partial charge on any atom is 0.233 e. The number of hydrogen-bond acceptors (Lipinski definition) is 3. The molecule has 0 aromatic heterocycles. The number of amides is 2. The van der Waals surface area contributed by atoms with Crippen molar-refractivity contribution < 1.29 is 9.59 Å². The van der Waals surface area contributed by atoms with E-state index in [4.69, 9.17) is 23.2 Å². The lowest BCUT2D eigenvalue weighted by atomic mass is 10.2. The van der Waals surface area contributed by atoms with Gasteiger partial charge in [-0.25, -0.2) is 0 Å². The molecule has 26 heavy (non-hydrogen) atoms. The average Bonchev–Trinajstić information content (AvgIpc) is 2.61. The molecule has 2 aromatic carbocycles. The van der Waals surface area contributed by atoms with E-state index in [1.807, 2.05) is 18.2 Å². The first kappa shape index (κ1) is 18.5. The summed E-state index contributed by atoms with van der Waals surface area (Å²) in [6, 6.07) is 14.9. The Kier molecular flexibility index (Phi) is 6.01. The first-order valence-corrected chi connectivity index (χ1v) is 9.10. The highest BCUT2D eigenvalue weighted by Crippen LogP contribution is 2.22. The number of carbonyl (C=O) groups excluding carboxylic acids is 2. The lowest BCUT2D eigenvalue weighted by Gasteiger charge is -2.36. The normalized spacial score (nSPS) is 14.2. The highest BCUT2D eigenvalue weighted by Gasteiger charge is 2.23. The molecule has 1 aliphatic rings. The van der Waals surface area contributed by atoms with Gasteiger partial charge in [0, 0.05) is 47.6 Å². The zero-order valence-corrected chi connectivity index (χ0v) is 15.6. The fourth-order valence-electron chi connectivity index (χ4n) is 2.93. The molecular weight excluding hydrogens is 373 g/mol. The Morgan fingerprint density at radius 1 is 0.923 bits per heavy atom. The third-order valence-electron chi connectivity index (χ3n) is 4.21. The molecule has 1 fully saturated rings. The lowest BCUT2D eigenvalue weighted by Crippen LogP contribution is -2.49. The zero-order valence-electron chi connectivity index (χ0n) is 14.1. The van der Waals surface area contributed by atoms with Crippen molar-refractivity contribution >= 4 is 46.4 Å². The topological polar surface area (TPSA) is 52.7 Å². The molecule has 2 amide bonds. The monoisotopic (exact) mass is 391 g/mol. The number of rotatable bonds is 4. The molecule has 0 aliphatic carbocycles. The summed E-state index contributed by atoms with van der Waals surface area (Å²) in [5.41, 5.74) is 1.63. The number of nitrogens with zero attached hydrogens (tertiary/aromatic N) is 2. The van der Waals surface area contributed by atoms with Crippen molar-refractivity contribution in [3.63, 3.8) is 0 Å². The lowest BCUT2D eigenvalue weighted by molar-refractivity contribution is -0.134. The summed E-state index contributed by atoms with van der Waals surface area (Å²) in [6.45, 7) is 2.70. The van der Waals surface area contributed by atoms with Crippen LogP contribution in [-0.2, 0) is 9.59 Å². The predicted octanol–water partition coefficient (Wildman–Crippen LogP) is 3.67. The molecule has 0 spiro atoms. The summed E-state index contributed by atoms with van der Waals surface area (Å²) in [5.74, 6) is -0.554. The van der Waals surface area contributed by atoms with Crippen LogP contribution in [0.3, 0.4) is 0 Å². The van der Waals surface area contributed by atoms with Crippen LogP contribution in [0.1, 0.15) is 6.42 Å². The van der Waals surface area contributed by atoms with Crippen molar-refractivity contribution in [2.75, 3.05) is 36.4 Å². The maximum atomic E-state index is 12.4. The van der Waals surface area contributed by atoms with Gasteiger partial charge >= 0.3 is 0 Å². The van der Waals surface area contributed by atoms with Gasteiger partial charge in [0.05, 0.1) is 0 Å². The van der Waals surface area contributed by atoms with Gasteiger partial charge in [-0.15, -0.1) is 0 Å². The van der Waals surface area contributed by atoms with Gasteiger partial charge in [0.15, 0.2) is 0 Å². The van der Waals surface area contributed by atoms with Crippen molar-refractivity contribution in [3.8, 4) is 0 Å². The number of halogens is 2. The number of para-hydroxylation sites is 1. The molecule has 0 bridgehead atoms. The van der Waals surface area contributed by atoms with Gasteiger partial charge in [0.2, 0.25) is 11.8 Å². The third kappa shape index (κ3) is 4.90. The Hall–Kier alpha value is -2.24. The van der Waals surface area contributed by atoms with E-state index in [-0.39, 0.29) is 18.2 Å². The second-order valence-corrected chi connectivity index (χ2v) is 6.96. The molecule has 1 aliphatic heterocycles. The van der Waals surface area contributed by atoms with Crippen LogP contribution >= 0.6 is 23.2 Å². The van der Waals surface area contributed by atoms with Crippen LogP contribution in [0.4, 0.5) is 11.4 Å². The van der Waals surface area contributed by atoms with E-state index in [1.165, 1.54) is 0 Å². The molecule has 0 atom stereocenters. The van der Waals surface area contributed by atoms with Crippen molar-refractivity contribution in [1.82, 2.24) is 4.90 Å². The van der Waals surface area contributed by atoms with Crippen LogP contribution < -0.4 is 10.2 Å².